The minimum Gasteiger partial charge on any atom is -0.487 e. The monoisotopic (exact) mass is 523 g/mol. The van der Waals surface area contributed by atoms with Crippen molar-refractivity contribution in [2.24, 2.45) is 5.16 Å². The molecule has 1 aliphatic heterocycles. The van der Waals surface area contributed by atoms with Crippen molar-refractivity contribution in [1.82, 2.24) is 14.9 Å². The van der Waals surface area contributed by atoms with Crippen molar-refractivity contribution in [3.05, 3.63) is 76.5 Å². The van der Waals surface area contributed by atoms with Crippen molar-refractivity contribution in [3.8, 4) is 17.6 Å². The van der Waals surface area contributed by atoms with Crippen LogP contribution >= 0.6 is 11.6 Å². The number of benzene rings is 2. The van der Waals surface area contributed by atoms with Gasteiger partial charge in [0.1, 0.15) is 43.1 Å². The van der Waals surface area contributed by atoms with Gasteiger partial charge in [-0.05, 0) is 48.7 Å². The quantitative estimate of drug-likeness (QED) is 0.190. The van der Waals surface area contributed by atoms with E-state index < -0.39 is 0 Å². The number of halogens is 2. The van der Waals surface area contributed by atoms with E-state index in [-0.39, 0.29) is 12.4 Å². The van der Waals surface area contributed by atoms with E-state index in [2.05, 4.69) is 37.2 Å². The van der Waals surface area contributed by atoms with Crippen LogP contribution in [0.3, 0.4) is 0 Å². The Bertz CT molecular complexity index is 1290. The summed E-state index contributed by atoms with van der Waals surface area (Å²) in [6, 6.07) is 11.5. The molecule has 0 radical (unpaired) electrons. The summed E-state index contributed by atoms with van der Waals surface area (Å²) >= 11 is 6.42. The van der Waals surface area contributed by atoms with Gasteiger partial charge in [-0.1, -0.05) is 34.8 Å². The molecule has 0 atom stereocenters. The fourth-order valence-corrected chi connectivity index (χ4v) is 3.79. The summed E-state index contributed by atoms with van der Waals surface area (Å²) in [7, 11) is 0. The molecule has 0 unspecified atom stereocenters. The van der Waals surface area contributed by atoms with Gasteiger partial charge in [0, 0.05) is 25.3 Å². The number of rotatable bonds is 9. The predicted molar refractivity (Wildman–Crippen MR) is 141 cm³/mol. The summed E-state index contributed by atoms with van der Waals surface area (Å²) in [6.45, 7) is 6.66. The van der Waals surface area contributed by atoms with Crippen LogP contribution in [0, 0.1) is 24.6 Å². The van der Waals surface area contributed by atoms with Gasteiger partial charge < -0.3 is 19.6 Å². The van der Waals surface area contributed by atoms with Crippen molar-refractivity contribution < 1.29 is 18.7 Å². The molecule has 1 aliphatic rings. The molecule has 0 aliphatic carbocycles. The van der Waals surface area contributed by atoms with E-state index in [9.17, 15) is 4.39 Å². The predicted octanol–water partition coefficient (Wildman–Crippen LogP) is 4.59. The first kappa shape index (κ1) is 26.4. The van der Waals surface area contributed by atoms with Crippen LogP contribution in [0.15, 0.2) is 53.9 Å². The van der Waals surface area contributed by atoms with Crippen LogP contribution in [0.2, 0.25) is 5.02 Å². The minimum atomic E-state index is -0.312. The molecule has 0 saturated carbocycles. The van der Waals surface area contributed by atoms with Gasteiger partial charge in [0.05, 0.1) is 29.5 Å². The number of nitrogens with zero attached hydrogens (tertiary/aromatic N) is 4. The number of aryl methyl sites for hydroxylation is 1. The van der Waals surface area contributed by atoms with Gasteiger partial charge in [-0.3, -0.25) is 4.90 Å². The number of hydrogen-bond acceptors (Lipinski definition) is 8. The highest BCUT2D eigenvalue weighted by Gasteiger charge is 2.10. The second-order valence-corrected chi connectivity index (χ2v) is 8.57. The number of hydrogen-bond donors (Lipinski definition) is 1. The average Bonchev–Trinajstić information content (AvgIpc) is 2.90. The molecular weight excluding hydrogens is 497 g/mol. The number of aromatic nitrogens is 2. The van der Waals surface area contributed by atoms with Gasteiger partial charge in [0.15, 0.2) is 0 Å². The molecule has 3 aromatic rings. The maximum absolute atomic E-state index is 13.4. The van der Waals surface area contributed by atoms with Crippen molar-refractivity contribution in [3.63, 3.8) is 0 Å². The van der Waals surface area contributed by atoms with Crippen LogP contribution in [0.4, 0.5) is 15.9 Å². The number of nitrogens with one attached hydrogen (secondary N) is 1. The largest absolute Gasteiger partial charge is 0.487 e. The molecule has 0 bridgehead atoms. The van der Waals surface area contributed by atoms with Gasteiger partial charge in [0.25, 0.3) is 0 Å². The van der Waals surface area contributed by atoms with Crippen LogP contribution in [0.1, 0.15) is 16.8 Å². The van der Waals surface area contributed by atoms with E-state index in [1.807, 2.05) is 13.0 Å². The summed E-state index contributed by atoms with van der Waals surface area (Å²) in [5.74, 6) is 6.61. The molecule has 1 saturated heterocycles. The van der Waals surface area contributed by atoms with E-state index >= 15 is 0 Å². The molecule has 1 fully saturated rings. The Labute approximate surface area is 220 Å². The zero-order valence-electron chi connectivity index (χ0n) is 20.4. The normalized spacial score (nSPS) is 13.7. The first-order chi connectivity index (χ1) is 18.1. The Morgan fingerprint density at radius 2 is 2.08 bits per heavy atom. The van der Waals surface area contributed by atoms with Gasteiger partial charge in [-0.2, -0.15) is 0 Å². The first-order valence-electron chi connectivity index (χ1n) is 11.8. The lowest BCUT2D eigenvalue weighted by molar-refractivity contribution is 0.0214. The summed E-state index contributed by atoms with van der Waals surface area (Å²) in [5.41, 5.74) is 2.76. The number of anilines is 2. The second-order valence-electron chi connectivity index (χ2n) is 8.16. The molecular formula is C27H27ClFN5O3. The standard InChI is InChI=1S/C27H27ClFN5O3/c1-20-24(6-3-9-32-37-15-12-34-10-13-35-14-11-34)27(31-19-30-20)33-23-7-8-26(25(28)17-23)36-18-21-4-2-5-22(29)16-21/h2,4-5,7-9,16-17,19H,10-15,18H2,1H3,(H,30,31,33)/b32-9+. The van der Waals surface area contributed by atoms with E-state index in [4.69, 9.17) is 25.9 Å². The Morgan fingerprint density at radius 3 is 2.89 bits per heavy atom. The second kappa shape index (κ2) is 13.6. The van der Waals surface area contributed by atoms with E-state index in [1.54, 1.807) is 24.3 Å². The highest BCUT2D eigenvalue weighted by molar-refractivity contribution is 6.32. The third kappa shape index (κ3) is 8.15. The maximum Gasteiger partial charge on any atom is 0.149 e. The van der Waals surface area contributed by atoms with Crippen LogP contribution in [0.25, 0.3) is 0 Å². The van der Waals surface area contributed by atoms with Gasteiger partial charge in [0.2, 0.25) is 0 Å². The fourth-order valence-electron chi connectivity index (χ4n) is 3.55. The Morgan fingerprint density at radius 1 is 1.22 bits per heavy atom. The van der Waals surface area contributed by atoms with Crippen LogP contribution in [-0.4, -0.2) is 60.5 Å². The van der Waals surface area contributed by atoms with Crippen LogP contribution in [-0.2, 0) is 16.2 Å². The molecule has 37 heavy (non-hydrogen) atoms. The molecule has 0 spiro atoms. The number of morpholine rings is 1. The molecule has 4 rings (SSSR count). The van der Waals surface area contributed by atoms with Crippen LogP contribution < -0.4 is 10.1 Å². The highest BCUT2D eigenvalue weighted by Crippen LogP contribution is 2.30. The lowest BCUT2D eigenvalue weighted by Crippen LogP contribution is -2.38. The Hall–Kier alpha value is -3.71. The van der Waals surface area contributed by atoms with Crippen molar-refractivity contribution in [1.29, 1.82) is 0 Å². The highest BCUT2D eigenvalue weighted by atomic mass is 35.5. The summed E-state index contributed by atoms with van der Waals surface area (Å²) < 4.78 is 24.5. The fraction of sp³-hybridized carbons (Fsp3) is 0.296. The van der Waals surface area contributed by atoms with E-state index in [0.29, 0.717) is 45.7 Å². The minimum absolute atomic E-state index is 0.202. The number of oxime groups is 1. The molecule has 10 heteroatoms. The zero-order valence-corrected chi connectivity index (χ0v) is 21.2. The first-order valence-corrected chi connectivity index (χ1v) is 12.2. The van der Waals surface area contributed by atoms with Crippen molar-refractivity contribution >= 4 is 29.3 Å². The lowest BCUT2D eigenvalue weighted by atomic mass is 10.2. The molecule has 2 aromatic carbocycles. The zero-order chi connectivity index (χ0) is 25.9. The molecule has 1 aromatic heterocycles. The molecule has 192 valence electrons. The Kier molecular flexibility index (Phi) is 9.66. The van der Waals surface area contributed by atoms with Crippen LogP contribution in [0.5, 0.6) is 5.75 Å². The average molecular weight is 524 g/mol. The third-order valence-corrected chi connectivity index (χ3v) is 5.80. The van der Waals surface area contributed by atoms with Crippen molar-refractivity contribution in [2.75, 3.05) is 44.8 Å². The molecule has 8 nitrogen and oxygen atoms in total. The number of ether oxygens (including phenoxy) is 2. The SMILES string of the molecule is Cc1ncnc(Nc2ccc(OCc3cccc(F)c3)c(Cl)c2)c1C#C/C=N/OCCN1CCOCC1. The summed E-state index contributed by atoms with van der Waals surface area (Å²) in [4.78, 5) is 16.1. The van der Waals surface area contributed by atoms with Crippen molar-refractivity contribution in [2.45, 2.75) is 13.5 Å². The topological polar surface area (TPSA) is 81.1 Å². The third-order valence-electron chi connectivity index (χ3n) is 5.51. The van der Waals surface area contributed by atoms with Gasteiger partial charge in [-0.15, -0.1) is 0 Å². The lowest BCUT2D eigenvalue weighted by Gasteiger charge is -2.25. The summed E-state index contributed by atoms with van der Waals surface area (Å²) in [6.07, 6.45) is 2.88. The molecule has 2 heterocycles. The Balaban J connectivity index is 1.34. The van der Waals surface area contributed by atoms with Gasteiger partial charge in [-0.25, -0.2) is 14.4 Å². The maximum atomic E-state index is 13.4. The molecule has 0 amide bonds. The van der Waals surface area contributed by atoms with E-state index in [0.717, 1.165) is 32.8 Å². The molecule has 1 N–H and O–H groups in total. The van der Waals surface area contributed by atoms with E-state index in [1.165, 1.54) is 24.7 Å². The smallest absolute Gasteiger partial charge is 0.149 e. The van der Waals surface area contributed by atoms with Gasteiger partial charge >= 0.3 is 0 Å². The summed E-state index contributed by atoms with van der Waals surface area (Å²) in [5, 5.41) is 7.54.